The number of fused-ring (bicyclic) bond motifs is 1. The van der Waals surface area contributed by atoms with Crippen LogP contribution in [0.15, 0.2) is 24.3 Å². The molecule has 5 nitrogen and oxygen atoms in total. The number of carbonyl (C=O) groups is 2. The average molecular weight is 263 g/mol. The molecular formula is C14H17NO4. The van der Waals surface area contributed by atoms with Crippen molar-refractivity contribution in [3.8, 4) is 5.75 Å². The van der Waals surface area contributed by atoms with E-state index >= 15 is 0 Å². The van der Waals surface area contributed by atoms with Crippen LogP contribution in [-0.2, 0) is 9.59 Å². The number of hydrogen-bond acceptors (Lipinski definition) is 3. The Labute approximate surface area is 111 Å². The number of carboxylic acids is 1. The predicted octanol–water partition coefficient (Wildman–Crippen LogP) is 1.53. The summed E-state index contributed by atoms with van der Waals surface area (Å²) in [6.45, 7) is 2.20. The molecule has 1 aromatic carbocycles. The third-order valence-corrected chi connectivity index (χ3v) is 3.30. The highest BCUT2D eigenvalue weighted by Crippen LogP contribution is 2.33. The highest BCUT2D eigenvalue weighted by Gasteiger charge is 2.29. The van der Waals surface area contributed by atoms with Gasteiger partial charge >= 0.3 is 5.97 Å². The fourth-order valence-electron chi connectivity index (χ4n) is 2.23. The van der Waals surface area contributed by atoms with E-state index in [1.54, 1.807) is 6.92 Å². The maximum Gasteiger partial charge on any atom is 0.326 e. The summed E-state index contributed by atoms with van der Waals surface area (Å²) < 4.78 is 5.49. The zero-order chi connectivity index (χ0) is 13.8. The van der Waals surface area contributed by atoms with Crippen molar-refractivity contribution in [2.75, 3.05) is 6.61 Å². The minimum atomic E-state index is -1.00. The molecule has 2 rings (SSSR count). The number of aliphatic carboxylic acids is 1. The summed E-state index contributed by atoms with van der Waals surface area (Å²) in [7, 11) is 0. The lowest BCUT2D eigenvalue weighted by molar-refractivity contribution is -0.142. The molecule has 0 saturated carbocycles. The van der Waals surface area contributed by atoms with Crippen LogP contribution in [0.4, 0.5) is 0 Å². The normalized spacial score (nSPS) is 18.9. The summed E-state index contributed by atoms with van der Waals surface area (Å²) in [6, 6.07) is 6.54. The first-order valence-corrected chi connectivity index (χ1v) is 6.38. The molecule has 0 aliphatic carbocycles. The van der Waals surface area contributed by atoms with Gasteiger partial charge in [-0.05, 0) is 18.9 Å². The first-order valence-electron chi connectivity index (χ1n) is 6.38. The molecule has 2 unspecified atom stereocenters. The standard InChI is InChI=1S/C14H17NO4/c1-2-11(14(17)18)15-13(16)10-7-8-19-12-6-4-3-5-9(10)12/h3-6,10-11H,2,7-8H2,1H3,(H,15,16)(H,17,18). The number of benzene rings is 1. The van der Waals surface area contributed by atoms with Crippen molar-refractivity contribution in [1.82, 2.24) is 5.32 Å². The highest BCUT2D eigenvalue weighted by molar-refractivity contribution is 5.88. The Morgan fingerprint density at radius 2 is 2.21 bits per heavy atom. The van der Waals surface area contributed by atoms with E-state index in [1.165, 1.54) is 0 Å². The van der Waals surface area contributed by atoms with Crippen LogP contribution < -0.4 is 10.1 Å². The first-order chi connectivity index (χ1) is 9.13. The van der Waals surface area contributed by atoms with Crippen LogP contribution in [-0.4, -0.2) is 29.6 Å². The van der Waals surface area contributed by atoms with Crippen molar-refractivity contribution in [1.29, 1.82) is 0 Å². The second-order valence-electron chi connectivity index (χ2n) is 4.54. The molecule has 0 aromatic heterocycles. The third-order valence-electron chi connectivity index (χ3n) is 3.30. The highest BCUT2D eigenvalue weighted by atomic mass is 16.5. The van der Waals surface area contributed by atoms with Gasteiger partial charge in [-0.25, -0.2) is 4.79 Å². The van der Waals surface area contributed by atoms with Gasteiger partial charge in [-0.15, -0.1) is 0 Å². The fourth-order valence-corrected chi connectivity index (χ4v) is 2.23. The van der Waals surface area contributed by atoms with Gasteiger partial charge in [0.1, 0.15) is 11.8 Å². The number of carboxylic acid groups (broad SMARTS) is 1. The number of ether oxygens (including phenoxy) is 1. The Bertz CT molecular complexity index is 486. The van der Waals surface area contributed by atoms with Crippen molar-refractivity contribution >= 4 is 11.9 Å². The van der Waals surface area contributed by atoms with Crippen molar-refractivity contribution in [2.24, 2.45) is 0 Å². The summed E-state index contributed by atoms with van der Waals surface area (Å²) >= 11 is 0. The number of para-hydroxylation sites is 1. The van der Waals surface area contributed by atoms with Crippen LogP contribution in [0.25, 0.3) is 0 Å². The van der Waals surface area contributed by atoms with Crippen molar-refractivity contribution in [3.63, 3.8) is 0 Å². The molecule has 0 spiro atoms. The van der Waals surface area contributed by atoms with E-state index < -0.39 is 12.0 Å². The van der Waals surface area contributed by atoms with Crippen LogP contribution >= 0.6 is 0 Å². The zero-order valence-corrected chi connectivity index (χ0v) is 10.8. The minimum Gasteiger partial charge on any atom is -0.493 e. The zero-order valence-electron chi connectivity index (χ0n) is 10.8. The van der Waals surface area contributed by atoms with Gasteiger partial charge in [-0.1, -0.05) is 25.1 Å². The van der Waals surface area contributed by atoms with Gasteiger partial charge in [0.25, 0.3) is 0 Å². The van der Waals surface area contributed by atoms with Gasteiger partial charge in [-0.2, -0.15) is 0 Å². The lowest BCUT2D eigenvalue weighted by Crippen LogP contribution is -2.43. The molecule has 1 heterocycles. The Morgan fingerprint density at radius 3 is 2.89 bits per heavy atom. The van der Waals surface area contributed by atoms with Crippen molar-refractivity contribution in [3.05, 3.63) is 29.8 Å². The average Bonchev–Trinajstić information content (AvgIpc) is 2.43. The number of rotatable bonds is 4. The van der Waals surface area contributed by atoms with E-state index in [0.717, 1.165) is 5.56 Å². The molecule has 1 aliphatic heterocycles. The maximum atomic E-state index is 12.2. The quantitative estimate of drug-likeness (QED) is 0.863. The first kappa shape index (κ1) is 13.4. The van der Waals surface area contributed by atoms with E-state index in [2.05, 4.69) is 5.32 Å². The Kier molecular flexibility index (Phi) is 4.04. The second-order valence-corrected chi connectivity index (χ2v) is 4.54. The monoisotopic (exact) mass is 263 g/mol. The van der Waals surface area contributed by atoms with Gasteiger partial charge in [-0.3, -0.25) is 4.79 Å². The van der Waals surface area contributed by atoms with Crippen LogP contribution in [0.1, 0.15) is 31.2 Å². The van der Waals surface area contributed by atoms with Gasteiger partial charge in [0.05, 0.1) is 12.5 Å². The van der Waals surface area contributed by atoms with Gasteiger partial charge < -0.3 is 15.2 Å². The number of carbonyl (C=O) groups excluding carboxylic acids is 1. The summed E-state index contributed by atoms with van der Waals surface area (Å²) in [4.78, 5) is 23.2. The van der Waals surface area contributed by atoms with E-state index in [9.17, 15) is 9.59 Å². The smallest absolute Gasteiger partial charge is 0.326 e. The van der Waals surface area contributed by atoms with Crippen LogP contribution in [0.2, 0.25) is 0 Å². The molecule has 0 bridgehead atoms. The van der Waals surface area contributed by atoms with Gasteiger partial charge in [0.2, 0.25) is 5.91 Å². The van der Waals surface area contributed by atoms with Gasteiger partial charge in [0.15, 0.2) is 0 Å². The molecular weight excluding hydrogens is 246 g/mol. The minimum absolute atomic E-state index is 0.245. The SMILES string of the molecule is CCC(NC(=O)C1CCOc2ccccc21)C(=O)O. The molecule has 1 aliphatic rings. The summed E-state index contributed by atoms with van der Waals surface area (Å²) in [5, 5.41) is 11.6. The second kappa shape index (κ2) is 5.73. The van der Waals surface area contributed by atoms with Crippen LogP contribution in [0.3, 0.4) is 0 Å². The Hall–Kier alpha value is -2.04. The molecule has 102 valence electrons. The molecule has 0 fully saturated rings. The Balaban J connectivity index is 2.15. The molecule has 19 heavy (non-hydrogen) atoms. The van der Waals surface area contributed by atoms with E-state index in [4.69, 9.17) is 9.84 Å². The van der Waals surface area contributed by atoms with Gasteiger partial charge in [0, 0.05) is 5.56 Å². The molecule has 0 radical (unpaired) electrons. The molecule has 1 aromatic rings. The fraction of sp³-hybridized carbons (Fsp3) is 0.429. The molecule has 1 amide bonds. The maximum absolute atomic E-state index is 12.2. The van der Waals surface area contributed by atoms with E-state index in [0.29, 0.717) is 25.2 Å². The van der Waals surface area contributed by atoms with Crippen molar-refractivity contribution in [2.45, 2.75) is 31.7 Å². The lowest BCUT2D eigenvalue weighted by Gasteiger charge is -2.26. The van der Waals surface area contributed by atoms with Crippen LogP contribution in [0.5, 0.6) is 5.75 Å². The van der Waals surface area contributed by atoms with E-state index in [1.807, 2.05) is 24.3 Å². The molecule has 0 saturated heterocycles. The molecule has 2 N–H and O–H groups in total. The number of amides is 1. The van der Waals surface area contributed by atoms with E-state index in [-0.39, 0.29) is 11.8 Å². The number of nitrogens with one attached hydrogen (secondary N) is 1. The lowest BCUT2D eigenvalue weighted by atomic mass is 9.92. The predicted molar refractivity (Wildman–Crippen MR) is 69.2 cm³/mol. The van der Waals surface area contributed by atoms with Crippen LogP contribution in [0, 0.1) is 0 Å². The topological polar surface area (TPSA) is 75.6 Å². The number of hydrogen-bond donors (Lipinski definition) is 2. The summed E-state index contributed by atoms with van der Waals surface area (Å²) in [6.07, 6.45) is 0.935. The Morgan fingerprint density at radius 1 is 1.47 bits per heavy atom. The summed E-state index contributed by atoms with van der Waals surface area (Å²) in [5.41, 5.74) is 0.825. The largest absolute Gasteiger partial charge is 0.493 e. The molecule has 2 atom stereocenters. The van der Waals surface area contributed by atoms with Crippen molar-refractivity contribution < 1.29 is 19.4 Å². The molecule has 5 heteroatoms. The third kappa shape index (κ3) is 2.86. The summed E-state index contributed by atoms with van der Waals surface area (Å²) in [5.74, 6) is -0.878.